The Hall–Kier alpha value is -1.16. The maximum Gasteiger partial charge on any atom is 0.251 e. The monoisotopic (exact) mass is 194 g/mol. The van der Waals surface area contributed by atoms with Crippen LogP contribution in [-0.4, -0.2) is 16.6 Å². The maximum absolute atomic E-state index is 11.3. The molecule has 1 atom stereocenters. The molecule has 0 spiro atoms. The van der Waals surface area contributed by atoms with Gasteiger partial charge in [-0.3, -0.25) is 4.79 Å². The number of hydrogen-bond acceptors (Lipinski definition) is 3. The summed E-state index contributed by atoms with van der Waals surface area (Å²) in [7, 11) is 0. The predicted molar refractivity (Wildman–Crippen MR) is 52.1 cm³/mol. The lowest BCUT2D eigenvalue weighted by molar-refractivity contribution is 0.00900. The number of rotatable bonds is 1. The topological polar surface area (TPSA) is 55.0 Å². The van der Waals surface area contributed by atoms with Gasteiger partial charge in [-0.2, -0.15) is 0 Å². The van der Waals surface area contributed by atoms with Gasteiger partial charge in [0.1, 0.15) is 11.4 Å². The zero-order chi connectivity index (χ0) is 10.2. The summed E-state index contributed by atoms with van der Waals surface area (Å²) in [5, 5.41) is 0. The van der Waals surface area contributed by atoms with E-state index in [1.165, 1.54) is 6.07 Å². The van der Waals surface area contributed by atoms with Gasteiger partial charge in [-0.05, 0) is 26.7 Å². The Morgan fingerprint density at radius 1 is 1.64 bits per heavy atom. The van der Waals surface area contributed by atoms with E-state index in [0.29, 0.717) is 5.82 Å². The van der Waals surface area contributed by atoms with Crippen LogP contribution in [0.3, 0.4) is 0 Å². The maximum atomic E-state index is 11.3. The van der Waals surface area contributed by atoms with Gasteiger partial charge in [0.25, 0.3) is 5.56 Å². The lowest BCUT2D eigenvalue weighted by atomic mass is 10.0. The molecular weight excluding hydrogens is 180 g/mol. The van der Waals surface area contributed by atoms with Crippen LogP contribution in [0.1, 0.15) is 31.3 Å². The van der Waals surface area contributed by atoms with Gasteiger partial charge in [-0.15, -0.1) is 0 Å². The fourth-order valence-electron chi connectivity index (χ4n) is 1.80. The van der Waals surface area contributed by atoms with Gasteiger partial charge in [-0.1, -0.05) is 0 Å². The first kappa shape index (κ1) is 9.40. The minimum Gasteiger partial charge on any atom is -0.367 e. The Morgan fingerprint density at radius 2 is 2.43 bits per heavy atom. The third kappa shape index (κ3) is 1.57. The Balaban J connectivity index is 2.45. The molecule has 1 aromatic rings. The first-order valence-corrected chi connectivity index (χ1v) is 4.83. The Kier molecular flexibility index (Phi) is 2.15. The van der Waals surface area contributed by atoms with E-state index in [2.05, 4.69) is 9.97 Å². The number of nitrogens with one attached hydrogen (secondary N) is 1. The second kappa shape index (κ2) is 3.20. The van der Waals surface area contributed by atoms with Crippen molar-refractivity contribution in [3.63, 3.8) is 0 Å². The van der Waals surface area contributed by atoms with Gasteiger partial charge in [0.2, 0.25) is 0 Å². The van der Waals surface area contributed by atoms with Crippen molar-refractivity contribution in [3.8, 4) is 0 Å². The highest BCUT2D eigenvalue weighted by Crippen LogP contribution is 2.32. The predicted octanol–water partition coefficient (Wildman–Crippen LogP) is 1.10. The van der Waals surface area contributed by atoms with E-state index in [-0.39, 0.29) is 5.56 Å². The van der Waals surface area contributed by atoms with Crippen molar-refractivity contribution >= 4 is 0 Å². The van der Waals surface area contributed by atoms with Gasteiger partial charge in [0.05, 0.1) is 0 Å². The van der Waals surface area contributed by atoms with E-state index in [0.717, 1.165) is 25.1 Å². The first-order chi connectivity index (χ1) is 6.60. The molecule has 0 radical (unpaired) electrons. The molecule has 1 saturated heterocycles. The second-order valence-electron chi connectivity index (χ2n) is 3.92. The zero-order valence-electron chi connectivity index (χ0n) is 8.46. The van der Waals surface area contributed by atoms with Crippen molar-refractivity contribution in [2.24, 2.45) is 0 Å². The fraction of sp³-hybridized carbons (Fsp3) is 0.600. The quantitative estimate of drug-likeness (QED) is 0.728. The number of aromatic nitrogens is 2. The molecule has 14 heavy (non-hydrogen) atoms. The second-order valence-corrected chi connectivity index (χ2v) is 3.92. The van der Waals surface area contributed by atoms with Crippen LogP contribution in [0.4, 0.5) is 0 Å². The molecule has 0 bridgehead atoms. The molecule has 1 fully saturated rings. The summed E-state index contributed by atoms with van der Waals surface area (Å²) in [5.74, 6) is 0.653. The summed E-state index contributed by atoms with van der Waals surface area (Å²) < 4.78 is 5.60. The van der Waals surface area contributed by atoms with Crippen LogP contribution in [-0.2, 0) is 10.3 Å². The van der Waals surface area contributed by atoms with Crippen molar-refractivity contribution in [3.05, 3.63) is 27.9 Å². The summed E-state index contributed by atoms with van der Waals surface area (Å²) in [6.07, 6.45) is 1.94. The summed E-state index contributed by atoms with van der Waals surface area (Å²) in [5.41, 5.74) is 0.232. The van der Waals surface area contributed by atoms with Crippen molar-refractivity contribution in [2.75, 3.05) is 6.61 Å². The van der Waals surface area contributed by atoms with Crippen LogP contribution in [0.15, 0.2) is 10.9 Å². The number of H-pyrrole nitrogens is 1. The van der Waals surface area contributed by atoms with Gasteiger partial charge in [-0.25, -0.2) is 4.98 Å². The molecule has 2 heterocycles. The average molecular weight is 194 g/mol. The Labute approximate surface area is 82.3 Å². The van der Waals surface area contributed by atoms with Crippen molar-refractivity contribution in [1.82, 2.24) is 9.97 Å². The molecule has 76 valence electrons. The molecule has 4 nitrogen and oxygen atoms in total. The summed E-state index contributed by atoms with van der Waals surface area (Å²) >= 11 is 0. The minimum absolute atomic E-state index is 0.107. The molecule has 1 aliphatic rings. The van der Waals surface area contributed by atoms with E-state index in [1.807, 2.05) is 13.8 Å². The summed E-state index contributed by atoms with van der Waals surface area (Å²) in [6, 6.07) is 1.49. The van der Waals surface area contributed by atoms with Crippen LogP contribution >= 0.6 is 0 Å². The Bertz CT molecular complexity index is 391. The normalized spacial score (nSPS) is 26.7. The molecule has 1 unspecified atom stereocenters. The van der Waals surface area contributed by atoms with Crippen LogP contribution in [0, 0.1) is 6.92 Å². The van der Waals surface area contributed by atoms with Crippen LogP contribution in [0.2, 0.25) is 0 Å². The highest BCUT2D eigenvalue weighted by molar-refractivity contribution is 5.07. The SMILES string of the molecule is Cc1cc(=O)[nH]c(C2(C)CCCO2)n1. The minimum atomic E-state index is -0.398. The van der Waals surface area contributed by atoms with Gasteiger partial charge < -0.3 is 9.72 Å². The number of hydrogen-bond donors (Lipinski definition) is 1. The molecule has 1 aliphatic heterocycles. The lowest BCUT2D eigenvalue weighted by Gasteiger charge is -2.21. The zero-order valence-corrected chi connectivity index (χ0v) is 8.46. The number of aromatic amines is 1. The molecule has 2 rings (SSSR count). The average Bonchev–Trinajstić information content (AvgIpc) is 2.52. The molecule has 0 aliphatic carbocycles. The van der Waals surface area contributed by atoms with Gasteiger partial charge in [0, 0.05) is 18.4 Å². The third-order valence-corrected chi connectivity index (χ3v) is 2.59. The van der Waals surface area contributed by atoms with Gasteiger partial charge in [0.15, 0.2) is 0 Å². The van der Waals surface area contributed by atoms with Crippen molar-refractivity contribution in [1.29, 1.82) is 0 Å². The summed E-state index contributed by atoms with van der Waals surface area (Å²) in [6.45, 7) is 4.53. The fourth-order valence-corrected chi connectivity index (χ4v) is 1.80. The molecule has 4 heteroatoms. The van der Waals surface area contributed by atoms with E-state index >= 15 is 0 Å². The van der Waals surface area contributed by atoms with Crippen molar-refractivity contribution < 1.29 is 4.74 Å². The van der Waals surface area contributed by atoms with Crippen LogP contribution in [0.5, 0.6) is 0 Å². The van der Waals surface area contributed by atoms with Gasteiger partial charge >= 0.3 is 0 Å². The molecule has 0 amide bonds. The molecule has 1 aromatic heterocycles. The highest BCUT2D eigenvalue weighted by Gasteiger charge is 2.34. The molecular formula is C10H14N2O2. The van der Waals surface area contributed by atoms with Crippen molar-refractivity contribution in [2.45, 2.75) is 32.3 Å². The van der Waals surface area contributed by atoms with E-state index in [9.17, 15) is 4.79 Å². The Morgan fingerprint density at radius 3 is 3.00 bits per heavy atom. The number of nitrogens with zero attached hydrogens (tertiary/aromatic N) is 1. The van der Waals surface area contributed by atoms with E-state index in [1.54, 1.807) is 0 Å². The van der Waals surface area contributed by atoms with Crippen LogP contribution in [0.25, 0.3) is 0 Å². The third-order valence-electron chi connectivity index (χ3n) is 2.59. The largest absolute Gasteiger partial charge is 0.367 e. The molecule has 0 saturated carbocycles. The molecule has 0 aromatic carbocycles. The number of aryl methyl sites for hydroxylation is 1. The highest BCUT2D eigenvalue weighted by atomic mass is 16.5. The van der Waals surface area contributed by atoms with E-state index < -0.39 is 5.60 Å². The first-order valence-electron chi connectivity index (χ1n) is 4.83. The lowest BCUT2D eigenvalue weighted by Crippen LogP contribution is -2.27. The molecule has 1 N–H and O–H groups in total. The standard InChI is InChI=1S/C10H14N2O2/c1-7-6-8(13)12-9(11-7)10(2)4-3-5-14-10/h6H,3-5H2,1-2H3,(H,11,12,13). The van der Waals surface area contributed by atoms with Crippen LogP contribution < -0.4 is 5.56 Å². The number of ether oxygens (including phenoxy) is 1. The summed E-state index contributed by atoms with van der Waals surface area (Å²) in [4.78, 5) is 18.3. The van der Waals surface area contributed by atoms with E-state index in [4.69, 9.17) is 4.74 Å². The smallest absolute Gasteiger partial charge is 0.251 e.